The first kappa shape index (κ1) is 24.3. The highest BCUT2D eigenvalue weighted by Gasteiger charge is 2.38. The molecule has 35 heavy (non-hydrogen) atoms. The van der Waals surface area contributed by atoms with Gasteiger partial charge >= 0.3 is 5.97 Å². The summed E-state index contributed by atoms with van der Waals surface area (Å²) in [5.41, 5.74) is 3.16. The molecule has 0 spiro atoms. The molecule has 180 valence electrons. The molecular formula is C26H24N2O6S. The number of hydrogen-bond donors (Lipinski definition) is 0. The Labute approximate surface area is 203 Å². The molecule has 3 aromatic carbocycles. The molecule has 1 heterocycles. The highest BCUT2D eigenvalue weighted by Crippen LogP contribution is 2.32. The highest BCUT2D eigenvalue weighted by atomic mass is 32.2. The quantitative estimate of drug-likeness (QED) is 0.384. The molecule has 1 aliphatic heterocycles. The first-order valence-corrected chi connectivity index (χ1v) is 12.2. The van der Waals surface area contributed by atoms with Gasteiger partial charge in [0.15, 0.2) is 0 Å². The number of benzene rings is 3. The van der Waals surface area contributed by atoms with Crippen molar-refractivity contribution in [3.05, 3.63) is 94.0 Å². The van der Waals surface area contributed by atoms with Crippen molar-refractivity contribution in [1.82, 2.24) is 4.31 Å². The van der Waals surface area contributed by atoms with E-state index < -0.39 is 27.8 Å². The smallest absolute Gasteiger partial charge is 0.338 e. The largest absolute Gasteiger partial charge is 0.457 e. The van der Waals surface area contributed by atoms with Crippen LogP contribution in [0.1, 0.15) is 47.8 Å². The number of sulfonamides is 1. The molecule has 0 bridgehead atoms. The van der Waals surface area contributed by atoms with Crippen LogP contribution >= 0.6 is 0 Å². The van der Waals surface area contributed by atoms with Crippen molar-refractivity contribution in [3.8, 4) is 0 Å². The molecule has 0 atom stereocenters. The average molecular weight is 493 g/mol. The summed E-state index contributed by atoms with van der Waals surface area (Å²) in [6.45, 7) is 3.54. The molecule has 8 nitrogen and oxygen atoms in total. The third-order valence-electron chi connectivity index (χ3n) is 5.77. The number of anilines is 1. The second kappa shape index (κ2) is 9.09. The number of carbonyl (C=O) groups is 3. The number of aryl methyl sites for hydroxylation is 2. The van der Waals surface area contributed by atoms with Crippen LogP contribution in [0.25, 0.3) is 0 Å². The topological polar surface area (TPSA) is 101 Å². The molecule has 0 N–H and O–H groups in total. The second-order valence-corrected chi connectivity index (χ2v) is 10.7. The van der Waals surface area contributed by atoms with E-state index >= 15 is 0 Å². The van der Waals surface area contributed by atoms with E-state index in [1.165, 1.54) is 44.4 Å². The minimum absolute atomic E-state index is 0.0872. The van der Waals surface area contributed by atoms with Gasteiger partial charge in [-0.2, -0.15) is 0 Å². The maximum atomic E-state index is 13.1. The molecule has 0 radical (unpaired) electrons. The molecular weight excluding hydrogens is 468 g/mol. The Hall–Kier alpha value is -3.82. The lowest BCUT2D eigenvalue weighted by atomic mass is 10.1. The lowest BCUT2D eigenvalue weighted by Gasteiger charge is -2.17. The van der Waals surface area contributed by atoms with E-state index in [9.17, 15) is 22.8 Å². The van der Waals surface area contributed by atoms with Crippen LogP contribution in [0.4, 0.5) is 5.69 Å². The van der Waals surface area contributed by atoms with Gasteiger partial charge in [-0.1, -0.05) is 24.3 Å². The SMILES string of the molecule is Cc1ccc(C)c(N2C(=O)c3ccc(C(=O)OCc4cccc(S(=O)(=O)N(C)C)c4)cc3C2=O)c1. The van der Waals surface area contributed by atoms with Crippen LogP contribution in [0.5, 0.6) is 0 Å². The fraction of sp³-hybridized carbons (Fsp3) is 0.192. The van der Waals surface area contributed by atoms with Gasteiger partial charge in [0.25, 0.3) is 11.8 Å². The molecule has 4 rings (SSSR count). The predicted molar refractivity (Wildman–Crippen MR) is 130 cm³/mol. The number of amides is 2. The zero-order chi connectivity index (χ0) is 25.5. The van der Waals surface area contributed by atoms with Gasteiger partial charge in [-0.25, -0.2) is 22.4 Å². The van der Waals surface area contributed by atoms with E-state index in [1.807, 2.05) is 26.0 Å². The Morgan fingerprint density at radius 2 is 1.63 bits per heavy atom. The number of hydrogen-bond acceptors (Lipinski definition) is 6. The van der Waals surface area contributed by atoms with Crippen LogP contribution in [-0.2, 0) is 21.4 Å². The van der Waals surface area contributed by atoms with Crippen LogP contribution in [0.2, 0.25) is 0 Å². The monoisotopic (exact) mass is 492 g/mol. The minimum Gasteiger partial charge on any atom is -0.457 e. The van der Waals surface area contributed by atoms with Crippen LogP contribution < -0.4 is 4.90 Å². The molecule has 3 aromatic rings. The van der Waals surface area contributed by atoms with Crippen molar-refractivity contribution in [2.45, 2.75) is 25.3 Å². The van der Waals surface area contributed by atoms with Crippen LogP contribution in [-0.4, -0.2) is 44.6 Å². The molecule has 0 fully saturated rings. The number of esters is 1. The number of fused-ring (bicyclic) bond motifs is 1. The summed E-state index contributed by atoms with van der Waals surface area (Å²) < 4.78 is 31.1. The average Bonchev–Trinajstić information content (AvgIpc) is 3.08. The van der Waals surface area contributed by atoms with Crippen molar-refractivity contribution >= 4 is 33.5 Å². The van der Waals surface area contributed by atoms with E-state index in [2.05, 4.69) is 0 Å². The number of ether oxygens (including phenoxy) is 1. The molecule has 0 saturated heterocycles. The van der Waals surface area contributed by atoms with E-state index in [4.69, 9.17) is 4.74 Å². The number of nitrogens with zero attached hydrogens (tertiary/aromatic N) is 2. The Morgan fingerprint density at radius 3 is 2.34 bits per heavy atom. The normalized spacial score (nSPS) is 13.3. The summed E-state index contributed by atoms with van der Waals surface area (Å²) >= 11 is 0. The van der Waals surface area contributed by atoms with Gasteiger partial charge in [0.2, 0.25) is 10.0 Å². The number of imide groups is 1. The molecule has 0 aliphatic carbocycles. The second-order valence-electron chi connectivity index (χ2n) is 8.51. The third-order valence-corrected chi connectivity index (χ3v) is 7.59. The van der Waals surface area contributed by atoms with Crippen molar-refractivity contribution in [1.29, 1.82) is 0 Å². The van der Waals surface area contributed by atoms with Gasteiger partial charge in [0.05, 0.1) is 27.3 Å². The minimum atomic E-state index is -3.62. The van der Waals surface area contributed by atoms with Gasteiger partial charge in [-0.15, -0.1) is 0 Å². The van der Waals surface area contributed by atoms with E-state index in [0.29, 0.717) is 11.3 Å². The Balaban J connectivity index is 1.54. The fourth-order valence-electron chi connectivity index (χ4n) is 3.79. The van der Waals surface area contributed by atoms with Crippen molar-refractivity contribution in [2.24, 2.45) is 0 Å². The summed E-state index contributed by atoms with van der Waals surface area (Å²) in [5, 5.41) is 0. The summed E-state index contributed by atoms with van der Waals surface area (Å²) in [5.74, 6) is -1.65. The standard InChI is InChI=1S/C26H24N2O6S/c1-16-8-9-17(2)23(12-16)28-24(29)21-11-10-19(14-22(21)25(28)30)26(31)34-15-18-6-5-7-20(13-18)35(32,33)27(3)4/h5-14H,15H2,1-4H3. The summed E-state index contributed by atoms with van der Waals surface area (Å²) in [6, 6.07) is 15.9. The Kier molecular flexibility index (Phi) is 6.31. The molecule has 1 aliphatic rings. The lowest BCUT2D eigenvalue weighted by Crippen LogP contribution is -2.30. The van der Waals surface area contributed by atoms with Gasteiger partial charge in [-0.05, 0) is 66.9 Å². The van der Waals surface area contributed by atoms with E-state index in [-0.39, 0.29) is 28.2 Å². The first-order chi connectivity index (χ1) is 16.5. The molecule has 0 aromatic heterocycles. The third kappa shape index (κ3) is 4.48. The zero-order valence-corrected chi connectivity index (χ0v) is 20.5. The zero-order valence-electron chi connectivity index (χ0n) is 19.7. The molecule has 2 amide bonds. The van der Waals surface area contributed by atoms with Crippen molar-refractivity contribution < 1.29 is 27.5 Å². The lowest BCUT2D eigenvalue weighted by molar-refractivity contribution is 0.0472. The summed E-state index contributed by atoms with van der Waals surface area (Å²) in [4.78, 5) is 40.0. The van der Waals surface area contributed by atoms with Gasteiger partial charge in [0.1, 0.15) is 6.61 Å². The fourth-order valence-corrected chi connectivity index (χ4v) is 4.76. The van der Waals surface area contributed by atoms with Crippen LogP contribution in [0.15, 0.2) is 65.6 Å². The Morgan fingerprint density at radius 1 is 0.914 bits per heavy atom. The molecule has 0 saturated carbocycles. The van der Waals surface area contributed by atoms with E-state index in [1.54, 1.807) is 18.2 Å². The van der Waals surface area contributed by atoms with Gasteiger partial charge < -0.3 is 4.74 Å². The number of carbonyl (C=O) groups excluding carboxylic acids is 3. The predicted octanol–water partition coefficient (Wildman–Crippen LogP) is 3.71. The van der Waals surface area contributed by atoms with Crippen molar-refractivity contribution in [3.63, 3.8) is 0 Å². The molecule has 0 unspecified atom stereocenters. The van der Waals surface area contributed by atoms with E-state index in [0.717, 1.165) is 20.3 Å². The van der Waals surface area contributed by atoms with Gasteiger partial charge in [-0.3, -0.25) is 9.59 Å². The first-order valence-electron chi connectivity index (χ1n) is 10.8. The number of rotatable bonds is 6. The van der Waals surface area contributed by atoms with Crippen LogP contribution in [0.3, 0.4) is 0 Å². The summed E-state index contributed by atoms with van der Waals surface area (Å²) in [6.07, 6.45) is 0. The Bertz CT molecular complexity index is 1480. The van der Waals surface area contributed by atoms with Crippen LogP contribution in [0, 0.1) is 13.8 Å². The highest BCUT2D eigenvalue weighted by molar-refractivity contribution is 7.89. The maximum Gasteiger partial charge on any atom is 0.338 e. The maximum absolute atomic E-state index is 13.1. The molecule has 9 heteroatoms. The van der Waals surface area contributed by atoms with Crippen molar-refractivity contribution in [2.75, 3.05) is 19.0 Å². The van der Waals surface area contributed by atoms with Gasteiger partial charge in [0, 0.05) is 14.1 Å². The summed E-state index contributed by atoms with van der Waals surface area (Å²) in [7, 11) is -0.756.